The molecule has 2 aromatic heterocycles. The third-order valence-corrected chi connectivity index (χ3v) is 10.2. The zero-order chi connectivity index (χ0) is 33.1. The summed E-state index contributed by atoms with van der Waals surface area (Å²) < 4.78 is 53.8. The molecule has 3 saturated heterocycles. The van der Waals surface area contributed by atoms with Crippen LogP contribution < -0.4 is 9.64 Å². The van der Waals surface area contributed by atoms with E-state index in [1.165, 1.54) is 29.8 Å². The Kier molecular flexibility index (Phi) is 10.1. The van der Waals surface area contributed by atoms with Crippen LogP contribution >= 0.6 is 11.3 Å². The summed E-state index contributed by atoms with van der Waals surface area (Å²) in [6, 6.07) is 4.44. The van der Waals surface area contributed by atoms with Crippen molar-refractivity contribution in [3.8, 4) is 17.0 Å². The molecule has 1 aromatic carbocycles. The number of benzene rings is 1. The van der Waals surface area contributed by atoms with Gasteiger partial charge in [-0.1, -0.05) is 6.92 Å². The lowest BCUT2D eigenvalue weighted by Gasteiger charge is -2.30. The molecule has 3 fully saturated rings. The Morgan fingerprint density at radius 1 is 1.11 bits per heavy atom. The Hall–Kier alpha value is -3.62. The summed E-state index contributed by atoms with van der Waals surface area (Å²) in [4.78, 5) is 43.2. The standard InChI is InChI=1S/C33H38F3N5O5S/c1-2-22-4-3-10-41(22)18-28-31(21-5-6-27(24(14-21)33(34,35)36)46-23-9-13-45-19-23)39-30(47-28)15-26(42)25-16-38-29(17-37-25)40-11-7-20(8-12-40)32(43)44/h5-6,14,16-17,20,22-23H,2-4,7-13,15,18-19H2,1H3,(H,43,44)/t22-,23+/m1/s1. The normalized spacial score (nSPS) is 21.0. The minimum atomic E-state index is -4.64. The summed E-state index contributed by atoms with van der Waals surface area (Å²) in [6.07, 6.45) is 2.44. The lowest BCUT2D eigenvalue weighted by molar-refractivity contribution is -0.142. The highest BCUT2D eigenvalue weighted by atomic mass is 32.1. The van der Waals surface area contributed by atoms with E-state index in [-0.39, 0.29) is 36.2 Å². The predicted molar refractivity (Wildman–Crippen MR) is 169 cm³/mol. The second-order valence-corrected chi connectivity index (χ2v) is 13.5. The molecule has 3 aliphatic rings. The molecule has 252 valence electrons. The van der Waals surface area contributed by atoms with Crippen LogP contribution in [0.15, 0.2) is 30.6 Å². The van der Waals surface area contributed by atoms with Gasteiger partial charge in [0.05, 0.1) is 49.2 Å². The van der Waals surface area contributed by atoms with Gasteiger partial charge < -0.3 is 19.5 Å². The first-order chi connectivity index (χ1) is 22.6. The van der Waals surface area contributed by atoms with E-state index in [2.05, 4.69) is 21.8 Å². The average molecular weight is 674 g/mol. The zero-order valence-corrected chi connectivity index (χ0v) is 27.0. The Morgan fingerprint density at radius 2 is 1.91 bits per heavy atom. The largest absolute Gasteiger partial charge is 0.487 e. The fraction of sp³-hybridized carbons (Fsp3) is 0.545. The van der Waals surface area contributed by atoms with Crippen molar-refractivity contribution < 1.29 is 37.3 Å². The summed E-state index contributed by atoms with van der Waals surface area (Å²) in [5.74, 6) is -1.12. The summed E-state index contributed by atoms with van der Waals surface area (Å²) in [5.41, 5.74) is 0.0517. The first-order valence-corrected chi connectivity index (χ1v) is 16.9. The molecule has 10 nitrogen and oxygen atoms in total. The number of carbonyl (C=O) groups is 2. The van der Waals surface area contributed by atoms with Gasteiger partial charge in [0.1, 0.15) is 28.4 Å². The first kappa shape index (κ1) is 33.3. The molecule has 0 spiro atoms. The van der Waals surface area contributed by atoms with Crippen LogP contribution in [0.4, 0.5) is 19.0 Å². The number of nitrogens with zero attached hydrogens (tertiary/aromatic N) is 5. The van der Waals surface area contributed by atoms with Crippen molar-refractivity contribution in [2.24, 2.45) is 5.92 Å². The summed E-state index contributed by atoms with van der Waals surface area (Å²) in [5, 5.41) is 9.74. The van der Waals surface area contributed by atoms with Gasteiger partial charge >= 0.3 is 12.1 Å². The van der Waals surface area contributed by atoms with E-state index in [4.69, 9.17) is 14.5 Å². The maximum absolute atomic E-state index is 14.3. The Labute approximate surface area is 274 Å². The third kappa shape index (κ3) is 7.76. The third-order valence-electron chi connectivity index (χ3n) is 9.20. The highest BCUT2D eigenvalue weighted by molar-refractivity contribution is 7.12. The van der Waals surface area contributed by atoms with Gasteiger partial charge in [-0.3, -0.25) is 14.5 Å². The molecule has 47 heavy (non-hydrogen) atoms. The minimum absolute atomic E-state index is 0.0676. The fourth-order valence-electron chi connectivity index (χ4n) is 6.56. The van der Waals surface area contributed by atoms with Crippen LogP contribution in [0.2, 0.25) is 0 Å². The molecule has 5 heterocycles. The van der Waals surface area contributed by atoms with E-state index in [0.29, 0.717) is 73.6 Å². The molecular formula is C33H38F3N5O5S. The second-order valence-electron chi connectivity index (χ2n) is 12.3. The van der Waals surface area contributed by atoms with E-state index in [0.717, 1.165) is 36.8 Å². The molecule has 1 N–H and O–H groups in total. The number of rotatable bonds is 11. The van der Waals surface area contributed by atoms with E-state index in [1.54, 1.807) is 6.07 Å². The number of carboxylic acids is 1. The SMILES string of the molecule is CC[C@@H]1CCCN1Cc1sc(CC(=O)c2cnc(N3CCC(C(=O)O)CC3)cn2)nc1-c1ccc(O[C@H]2CCOC2)c(C(F)(F)F)c1. The number of thiazole rings is 1. The first-order valence-electron chi connectivity index (χ1n) is 16.1. The van der Waals surface area contributed by atoms with Gasteiger partial charge in [-0.15, -0.1) is 11.3 Å². The number of piperidine rings is 1. The van der Waals surface area contributed by atoms with Crippen LogP contribution in [0.25, 0.3) is 11.3 Å². The molecule has 2 atom stereocenters. The summed E-state index contributed by atoms with van der Waals surface area (Å²) in [6.45, 7) is 5.34. The van der Waals surface area contributed by atoms with Crippen molar-refractivity contribution in [3.63, 3.8) is 0 Å². The Balaban J connectivity index is 1.24. The molecule has 14 heteroatoms. The van der Waals surface area contributed by atoms with Crippen molar-refractivity contribution in [2.75, 3.05) is 37.7 Å². The molecule has 0 unspecified atom stereocenters. The lowest BCUT2D eigenvalue weighted by atomic mass is 9.97. The number of hydrogen-bond acceptors (Lipinski definition) is 10. The quantitative estimate of drug-likeness (QED) is 0.247. The maximum atomic E-state index is 14.3. The Bertz CT molecular complexity index is 1570. The van der Waals surface area contributed by atoms with E-state index < -0.39 is 23.8 Å². The summed E-state index contributed by atoms with van der Waals surface area (Å²) in [7, 11) is 0. The number of Topliss-reactive ketones (excluding diaryl/α,β-unsaturated/α-hetero) is 1. The average Bonchev–Trinajstić information content (AvgIpc) is 3.83. The van der Waals surface area contributed by atoms with Crippen molar-refractivity contribution in [3.05, 3.63) is 51.7 Å². The molecule has 0 radical (unpaired) electrons. The predicted octanol–water partition coefficient (Wildman–Crippen LogP) is 5.89. The molecule has 0 aliphatic carbocycles. The fourth-order valence-corrected chi connectivity index (χ4v) is 7.67. The number of alkyl halides is 3. The monoisotopic (exact) mass is 673 g/mol. The maximum Gasteiger partial charge on any atom is 0.419 e. The van der Waals surface area contributed by atoms with Gasteiger partial charge in [-0.2, -0.15) is 13.2 Å². The number of carboxylic acid groups (broad SMARTS) is 1. The summed E-state index contributed by atoms with van der Waals surface area (Å²) >= 11 is 1.34. The Morgan fingerprint density at radius 3 is 2.57 bits per heavy atom. The number of hydrogen-bond donors (Lipinski definition) is 1. The highest BCUT2D eigenvalue weighted by Crippen LogP contribution is 2.41. The number of ketones is 1. The van der Waals surface area contributed by atoms with Gasteiger partial charge in [0.15, 0.2) is 5.78 Å². The molecule has 6 rings (SSSR count). The van der Waals surface area contributed by atoms with Crippen LogP contribution in [0.1, 0.15) is 71.4 Å². The van der Waals surface area contributed by atoms with E-state index in [9.17, 15) is 27.9 Å². The van der Waals surface area contributed by atoms with Gasteiger partial charge in [-0.25, -0.2) is 15.0 Å². The number of likely N-dealkylation sites (tertiary alicyclic amines) is 1. The van der Waals surface area contributed by atoms with Crippen molar-refractivity contribution in [1.82, 2.24) is 19.9 Å². The molecular weight excluding hydrogens is 635 g/mol. The van der Waals surface area contributed by atoms with Crippen LogP contribution in [0, 0.1) is 5.92 Å². The van der Waals surface area contributed by atoms with Crippen LogP contribution in [-0.4, -0.2) is 81.7 Å². The number of carbonyl (C=O) groups excluding carboxylic acids is 1. The van der Waals surface area contributed by atoms with Gasteiger partial charge in [-0.05, 0) is 56.8 Å². The molecule has 0 saturated carbocycles. The van der Waals surface area contributed by atoms with Crippen molar-refractivity contribution in [2.45, 2.75) is 76.7 Å². The number of ether oxygens (including phenoxy) is 2. The number of aromatic nitrogens is 3. The van der Waals surface area contributed by atoms with Crippen LogP contribution in [-0.2, 0) is 28.7 Å². The molecule has 0 amide bonds. The lowest BCUT2D eigenvalue weighted by Crippen LogP contribution is -2.36. The van der Waals surface area contributed by atoms with Gasteiger partial charge in [0.2, 0.25) is 0 Å². The topological polar surface area (TPSA) is 118 Å². The number of aliphatic carboxylic acids is 1. The highest BCUT2D eigenvalue weighted by Gasteiger charge is 2.36. The van der Waals surface area contributed by atoms with Crippen LogP contribution in [0.5, 0.6) is 5.75 Å². The van der Waals surface area contributed by atoms with Gasteiger partial charge in [0, 0.05) is 42.5 Å². The second kappa shape index (κ2) is 14.2. The molecule has 0 bridgehead atoms. The molecule has 3 aliphatic heterocycles. The van der Waals surface area contributed by atoms with E-state index >= 15 is 0 Å². The smallest absolute Gasteiger partial charge is 0.419 e. The minimum Gasteiger partial charge on any atom is -0.487 e. The number of anilines is 1. The van der Waals surface area contributed by atoms with Crippen LogP contribution in [0.3, 0.4) is 0 Å². The van der Waals surface area contributed by atoms with Crippen molar-refractivity contribution in [1.29, 1.82) is 0 Å². The van der Waals surface area contributed by atoms with E-state index in [1.807, 2.05) is 4.90 Å². The zero-order valence-electron chi connectivity index (χ0n) is 26.2. The van der Waals surface area contributed by atoms with Crippen molar-refractivity contribution >= 4 is 28.9 Å². The molecule has 3 aromatic rings. The van der Waals surface area contributed by atoms with Gasteiger partial charge in [0.25, 0.3) is 0 Å². The number of halogens is 3.